The Bertz CT molecular complexity index is 954. The summed E-state index contributed by atoms with van der Waals surface area (Å²) in [5.74, 6) is 0.193. The van der Waals surface area contributed by atoms with Crippen molar-refractivity contribution in [1.82, 2.24) is 0 Å². The van der Waals surface area contributed by atoms with Crippen molar-refractivity contribution in [2.24, 2.45) is 5.73 Å². The van der Waals surface area contributed by atoms with Gasteiger partial charge in [0.05, 0.1) is 11.5 Å². The van der Waals surface area contributed by atoms with Crippen LogP contribution in [0.3, 0.4) is 0 Å². The van der Waals surface area contributed by atoms with Crippen molar-refractivity contribution in [3.05, 3.63) is 74.7 Å². The lowest BCUT2D eigenvalue weighted by atomic mass is 9.81. The van der Waals surface area contributed by atoms with E-state index in [-0.39, 0.29) is 16.9 Å². The van der Waals surface area contributed by atoms with Gasteiger partial charge in [-0.1, -0.05) is 45.0 Å². The molecule has 1 atom stereocenters. The molecule has 0 bridgehead atoms. The highest BCUT2D eigenvalue weighted by atomic mass is 16.5. The van der Waals surface area contributed by atoms with E-state index in [4.69, 9.17) is 14.9 Å². The summed E-state index contributed by atoms with van der Waals surface area (Å²) in [4.78, 5) is 12.4. The molecule has 1 aliphatic heterocycles. The average Bonchev–Trinajstić information content (AvgIpc) is 2.52. The summed E-state index contributed by atoms with van der Waals surface area (Å²) in [6, 6.07) is 11.6. The maximum absolute atomic E-state index is 12.4. The van der Waals surface area contributed by atoms with Crippen LogP contribution in [0, 0.1) is 18.3 Å². The van der Waals surface area contributed by atoms with Crippen molar-refractivity contribution in [1.29, 1.82) is 5.26 Å². The fourth-order valence-electron chi connectivity index (χ4n) is 3.03. The number of rotatable bonds is 1. The summed E-state index contributed by atoms with van der Waals surface area (Å²) in [5.41, 5.74) is 7.91. The van der Waals surface area contributed by atoms with Crippen LogP contribution >= 0.6 is 0 Å². The zero-order chi connectivity index (χ0) is 18.4. The maximum atomic E-state index is 12.4. The zero-order valence-corrected chi connectivity index (χ0v) is 14.7. The van der Waals surface area contributed by atoms with Crippen LogP contribution in [0.25, 0.3) is 0 Å². The molecular formula is C20H20N2O3. The minimum Gasteiger partial charge on any atom is -0.440 e. The maximum Gasteiger partial charge on any atom is 0.343 e. The molecule has 2 heterocycles. The minimum atomic E-state index is -0.598. The van der Waals surface area contributed by atoms with E-state index in [0.717, 1.165) is 11.1 Å². The van der Waals surface area contributed by atoms with Crippen LogP contribution < -0.4 is 16.1 Å². The van der Waals surface area contributed by atoms with Gasteiger partial charge in [0.15, 0.2) is 0 Å². The fourth-order valence-corrected chi connectivity index (χ4v) is 3.03. The van der Waals surface area contributed by atoms with Crippen molar-refractivity contribution in [2.75, 3.05) is 0 Å². The highest BCUT2D eigenvalue weighted by Crippen LogP contribution is 2.40. The van der Waals surface area contributed by atoms with Crippen LogP contribution in [-0.2, 0) is 5.41 Å². The summed E-state index contributed by atoms with van der Waals surface area (Å²) in [6.07, 6.45) is 0. The van der Waals surface area contributed by atoms with Crippen molar-refractivity contribution >= 4 is 0 Å². The molecule has 128 valence electrons. The molecule has 1 aliphatic rings. The van der Waals surface area contributed by atoms with E-state index >= 15 is 0 Å². The molecule has 2 N–H and O–H groups in total. The Morgan fingerprint density at radius 3 is 2.40 bits per heavy atom. The first-order valence-electron chi connectivity index (χ1n) is 8.05. The fraction of sp³-hybridized carbons (Fsp3) is 0.300. The number of nitriles is 1. The first kappa shape index (κ1) is 16.8. The second kappa shape index (κ2) is 5.82. The third kappa shape index (κ3) is 2.91. The van der Waals surface area contributed by atoms with E-state index in [1.54, 1.807) is 13.0 Å². The van der Waals surface area contributed by atoms with Gasteiger partial charge in [-0.2, -0.15) is 5.26 Å². The predicted octanol–water partition coefficient (Wildman–Crippen LogP) is 3.46. The number of nitrogens with zero attached hydrogens (tertiary/aromatic N) is 1. The highest BCUT2D eigenvalue weighted by molar-refractivity contribution is 5.54. The quantitative estimate of drug-likeness (QED) is 0.861. The normalized spacial score (nSPS) is 16.8. The molecule has 5 heteroatoms. The first-order valence-corrected chi connectivity index (χ1v) is 8.05. The molecular weight excluding hydrogens is 316 g/mol. The van der Waals surface area contributed by atoms with Crippen LogP contribution in [0.5, 0.6) is 5.75 Å². The van der Waals surface area contributed by atoms with Crippen LogP contribution in [0.15, 0.2) is 51.0 Å². The summed E-state index contributed by atoms with van der Waals surface area (Å²) in [6.45, 7) is 8.04. The summed E-state index contributed by atoms with van der Waals surface area (Å²) in [7, 11) is 0. The van der Waals surface area contributed by atoms with Gasteiger partial charge in [0.2, 0.25) is 5.88 Å². The van der Waals surface area contributed by atoms with E-state index in [2.05, 4.69) is 26.8 Å². The number of hydrogen-bond donors (Lipinski definition) is 1. The van der Waals surface area contributed by atoms with Crippen LogP contribution in [0.4, 0.5) is 0 Å². The molecule has 1 aromatic carbocycles. The molecule has 0 radical (unpaired) electrons. The van der Waals surface area contributed by atoms with E-state index < -0.39 is 11.5 Å². The van der Waals surface area contributed by atoms with Gasteiger partial charge in [0, 0.05) is 6.07 Å². The monoisotopic (exact) mass is 336 g/mol. The van der Waals surface area contributed by atoms with E-state index in [9.17, 15) is 10.1 Å². The van der Waals surface area contributed by atoms with Gasteiger partial charge >= 0.3 is 5.63 Å². The number of fused-ring (bicyclic) bond motifs is 1. The molecule has 0 saturated heterocycles. The van der Waals surface area contributed by atoms with Gasteiger partial charge in [-0.15, -0.1) is 0 Å². The molecule has 0 aliphatic carbocycles. The molecule has 2 aromatic rings. The van der Waals surface area contributed by atoms with Crippen molar-refractivity contribution < 1.29 is 9.15 Å². The third-order valence-corrected chi connectivity index (χ3v) is 4.37. The summed E-state index contributed by atoms with van der Waals surface area (Å²) < 4.78 is 10.7. The van der Waals surface area contributed by atoms with E-state index in [1.807, 2.05) is 24.3 Å². The van der Waals surface area contributed by atoms with Gasteiger partial charge in [-0.3, -0.25) is 0 Å². The molecule has 0 spiro atoms. The van der Waals surface area contributed by atoms with Crippen LogP contribution in [-0.4, -0.2) is 0 Å². The van der Waals surface area contributed by atoms with Crippen molar-refractivity contribution in [2.45, 2.75) is 39.0 Å². The molecule has 0 fully saturated rings. The molecule has 0 amide bonds. The van der Waals surface area contributed by atoms with Gasteiger partial charge in [-0.05, 0) is 23.5 Å². The molecule has 1 unspecified atom stereocenters. The SMILES string of the molecule is Cc1cc2c(c(=O)o1)C(c1ccc(C(C)(C)C)cc1)C(C#N)=C(N)O2. The number of aryl methyl sites for hydroxylation is 1. The van der Waals surface area contributed by atoms with Crippen molar-refractivity contribution in [3.8, 4) is 11.8 Å². The Hall–Kier alpha value is -3.00. The standard InChI is InChI=1S/C20H20N2O3/c1-11-9-15-17(19(23)24-11)16(14(10-21)18(22)25-15)12-5-7-13(8-6-12)20(2,3)4/h5-9,16H,22H2,1-4H3. The second-order valence-electron chi connectivity index (χ2n) is 7.22. The smallest absolute Gasteiger partial charge is 0.343 e. The Kier molecular flexibility index (Phi) is 3.92. The predicted molar refractivity (Wildman–Crippen MR) is 94.2 cm³/mol. The number of allylic oxidation sites excluding steroid dienone is 1. The van der Waals surface area contributed by atoms with Crippen LogP contribution in [0.1, 0.15) is 49.1 Å². The van der Waals surface area contributed by atoms with Gasteiger partial charge in [0.25, 0.3) is 0 Å². The highest BCUT2D eigenvalue weighted by Gasteiger charge is 2.34. The number of hydrogen-bond acceptors (Lipinski definition) is 5. The Balaban J connectivity index is 2.21. The first-order chi connectivity index (χ1) is 11.7. The van der Waals surface area contributed by atoms with Gasteiger partial charge in [-0.25, -0.2) is 4.79 Å². The lowest BCUT2D eigenvalue weighted by molar-refractivity contribution is 0.371. The Labute approximate surface area is 146 Å². The largest absolute Gasteiger partial charge is 0.440 e. The van der Waals surface area contributed by atoms with Crippen molar-refractivity contribution in [3.63, 3.8) is 0 Å². The number of ether oxygens (including phenoxy) is 1. The van der Waals surface area contributed by atoms with E-state index in [1.165, 1.54) is 0 Å². The zero-order valence-electron chi connectivity index (χ0n) is 14.7. The number of benzene rings is 1. The van der Waals surface area contributed by atoms with Crippen LogP contribution in [0.2, 0.25) is 0 Å². The molecule has 5 nitrogen and oxygen atoms in total. The topological polar surface area (TPSA) is 89.2 Å². The average molecular weight is 336 g/mol. The summed E-state index contributed by atoms with van der Waals surface area (Å²) in [5, 5.41) is 9.55. The molecule has 25 heavy (non-hydrogen) atoms. The lowest BCUT2D eigenvalue weighted by Crippen LogP contribution is -2.26. The lowest BCUT2D eigenvalue weighted by Gasteiger charge is -2.26. The third-order valence-electron chi connectivity index (χ3n) is 4.37. The summed E-state index contributed by atoms with van der Waals surface area (Å²) >= 11 is 0. The Morgan fingerprint density at radius 2 is 1.84 bits per heavy atom. The molecule has 1 aromatic heterocycles. The Morgan fingerprint density at radius 1 is 1.20 bits per heavy atom. The van der Waals surface area contributed by atoms with Gasteiger partial charge in [0.1, 0.15) is 23.2 Å². The second-order valence-corrected chi connectivity index (χ2v) is 7.22. The minimum absolute atomic E-state index is 0.00911. The number of nitrogens with two attached hydrogens (primary N) is 1. The molecule has 0 saturated carbocycles. The van der Waals surface area contributed by atoms with E-state index in [0.29, 0.717) is 17.1 Å². The van der Waals surface area contributed by atoms with Gasteiger partial charge < -0.3 is 14.9 Å². The molecule has 3 rings (SSSR count).